The van der Waals surface area contributed by atoms with Gasteiger partial charge in [0, 0.05) is 45.8 Å². The lowest BCUT2D eigenvalue weighted by Gasteiger charge is -2.31. The Bertz CT molecular complexity index is 973. The molecule has 4 rings (SSSR count). The SMILES string of the molecule is CN(C)C(=O)[C@@]1(Cc2ccc(-c3cccnc3)cc2)CCN(Cc2ccccn2)C1. The fraction of sp³-hybridized carbons (Fsp3) is 0.320. The average Bonchev–Trinajstić information content (AvgIpc) is 3.18. The number of hydrogen-bond donors (Lipinski definition) is 0. The number of benzene rings is 1. The molecule has 30 heavy (non-hydrogen) atoms. The van der Waals surface area contributed by atoms with E-state index < -0.39 is 5.41 Å². The lowest BCUT2D eigenvalue weighted by Crippen LogP contribution is -2.43. The molecule has 0 unspecified atom stereocenters. The molecule has 5 heteroatoms. The van der Waals surface area contributed by atoms with Crippen molar-refractivity contribution in [3.8, 4) is 11.1 Å². The summed E-state index contributed by atoms with van der Waals surface area (Å²) in [4.78, 5) is 26.0. The van der Waals surface area contributed by atoms with Crippen molar-refractivity contribution in [3.05, 3.63) is 84.4 Å². The summed E-state index contributed by atoms with van der Waals surface area (Å²) < 4.78 is 0. The van der Waals surface area contributed by atoms with E-state index in [9.17, 15) is 4.79 Å². The molecule has 0 N–H and O–H groups in total. The summed E-state index contributed by atoms with van der Waals surface area (Å²) in [6.45, 7) is 2.44. The summed E-state index contributed by atoms with van der Waals surface area (Å²) in [7, 11) is 3.72. The van der Waals surface area contributed by atoms with Gasteiger partial charge in [0.05, 0.1) is 11.1 Å². The first-order chi connectivity index (χ1) is 14.6. The molecule has 1 amide bonds. The van der Waals surface area contributed by atoms with Gasteiger partial charge in [-0.3, -0.25) is 19.7 Å². The Morgan fingerprint density at radius 3 is 2.53 bits per heavy atom. The first-order valence-corrected chi connectivity index (χ1v) is 10.4. The topological polar surface area (TPSA) is 49.3 Å². The van der Waals surface area contributed by atoms with Gasteiger partial charge >= 0.3 is 0 Å². The molecule has 0 aliphatic carbocycles. The molecule has 0 spiro atoms. The number of nitrogens with zero attached hydrogens (tertiary/aromatic N) is 4. The standard InChI is InChI=1S/C25H28N4O/c1-28(2)24(30)25(12-15-29(19-25)18-23-7-3-4-14-27-23)16-20-8-10-21(11-9-20)22-6-5-13-26-17-22/h3-11,13-14,17H,12,15-16,18-19H2,1-2H3/t25-/m1/s1. The second-order valence-electron chi connectivity index (χ2n) is 8.38. The van der Waals surface area contributed by atoms with Crippen LogP contribution in [0.1, 0.15) is 17.7 Å². The summed E-state index contributed by atoms with van der Waals surface area (Å²) in [5, 5.41) is 0. The van der Waals surface area contributed by atoms with Crippen molar-refractivity contribution in [2.75, 3.05) is 27.2 Å². The van der Waals surface area contributed by atoms with Crippen molar-refractivity contribution in [2.24, 2.45) is 5.41 Å². The Morgan fingerprint density at radius 1 is 1.03 bits per heavy atom. The van der Waals surface area contributed by atoms with Crippen LogP contribution >= 0.6 is 0 Å². The Balaban J connectivity index is 1.52. The van der Waals surface area contributed by atoms with Gasteiger partial charge in [-0.05, 0) is 54.3 Å². The van der Waals surface area contributed by atoms with Crippen LogP contribution in [-0.4, -0.2) is 52.9 Å². The highest BCUT2D eigenvalue weighted by molar-refractivity contribution is 5.83. The number of aromatic nitrogens is 2. The second kappa shape index (κ2) is 8.76. The van der Waals surface area contributed by atoms with E-state index in [1.807, 2.05) is 50.8 Å². The fourth-order valence-corrected chi connectivity index (χ4v) is 4.42. The monoisotopic (exact) mass is 400 g/mol. The molecular weight excluding hydrogens is 372 g/mol. The Morgan fingerprint density at radius 2 is 1.87 bits per heavy atom. The Kier molecular flexibility index (Phi) is 5.91. The summed E-state index contributed by atoms with van der Waals surface area (Å²) in [5.74, 6) is 0.211. The van der Waals surface area contributed by atoms with E-state index in [-0.39, 0.29) is 5.91 Å². The van der Waals surface area contributed by atoms with Crippen molar-refractivity contribution >= 4 is 5.91 Å². The van der Waals surface area contributed by atoms with Crippen LogP contribution in [-0.2, 0) is 17.8 Å². The van der Waals surface area contributed by atoms with E-state index in [4.69, 9.17) is 0 Å². The number of carbonyl (C=O) groups excluding carboxylic acids is 1. The number of carbonyl (C=O) groups is 1. The maximum Gasteiger partial charge on any atom is 0.229 e. The van der Waals surface area contributed by atoms with Crippen LogP contribution in [0.15, 0.2) is 73.2 Å². The average molecular weight is 401 g/mol. The summed E-state index contributed by atoms with van der Waals surface area (Å²) in [6.07, 6.45) is 7.09. The third kappa shape index (κ3) is 4.41. The van der Waals surface area contributed by atoms with Gasteiger partial charge in [-0.1, -0.05) is 36.4 Å². The van der Waals surface area contributed by atoms with E-state index in [2.05, 4.69) is 45.2 Å². The van der Waals surface area contributed by atoms with E-state index in [1.54, 1.807) is 11.1 Å². The Hall–Kier alpha value is -3.05. The van der Waals surface area contributed by atoms with Crippen molar-refractivity contribution in [1.29, 1.82) is 0 Å². The largest absolute Gasteiger partial charge is 0.348 e. The zero-order valence-electron chi connectivity index (χ0n) is 17.7. The zero-order valence-corrected chi connectivity index (χ0v) is 17.7. The molecule has 1 aliphatic heterocycles. The first kappa shape index (κ1) is 20.2. The molecule has 3 aromatic rings. The summed E-state index contributed by atoms with van der Waals surface area (Å²) >= 11 is 0. The summed E-state index contributed by atoms with van der Waals surface area (Å²) in [5.41, 5.74) is 4.09. The lowest BCUT2D eigenvalue weighted by molar-refractivity contribution is -0.138. The normalized spacial score (nSPS) is 19.0. The van der Waals surface area contributed by atoms with E-state index in [1.165, 1.54) is 5.56 Å². The third-order valence-electron chi connectivity index (χ3n) is 5.90. The van der Waals surface area contributed by atoms with Crippen molar-refractivity contribution in [1.82, 2.24) is 19.8 Å². The Labute approximate surface area is 178 Å². The van der Waals surface area contributed by atoms with Crippen LogP contribution < -0.4 is 0 Å². The second-order valence-corrected chi connectivity index (χ2v) is 8.38. The highest BCUT2D eigenvalue weighted by Gasteiger charge is 2.45. The quantitative estimate of drug-likeness (QED) is 0.634. The van der Waals surface area contributed by atoms with Gasteiger partial charge < -0.3 is 4.90 Å². The number of pyridine rings is 2. The van der Waals surface area contributed by atoms with E-state index >= 15 is 0 Å². The smallest absolute Gasteiger partial charge is 0.229 e. The molecule has 1 atom stereocenters. The number of hydrogen-bond acceptors (Lipinski definition) is 4. The van der Waals surface area contributed by atoms with Crippen molar-refractivity contribution in [3.63, 3.8) is 0 Å². The maximum atomic E-state index is 13.2. The lowest BCUT2D eigenvalue weighted by atomic mass is 9.79. The van der Waals surface area contributed by atoms with Crippen LogP contribution in [0.3, 0.4) is 0 Å². The van der Waals surface area contributed by atoms with Crippen LogP contribution in [0.2, 0.25) is 0 Å². The highest BCUT2D eigenvalue weighted by atomic mass is 16.2. The number of likely N-dealkylation sites (tertiary alicyclic amines) is 1. The molecule has 1 aliphatic rings. The van der Waals surface area contributed by atoms with Crippen molar-refractivity contribution < 1.29 is 4.79 Å². The highest BCUT2D eigenvalue weighted by Crippen LogP contribution is 2.37. The molecule has 2 aromatic heterocycles. The van der Waals surface area contributed by atoms with Gasteiger partial charge in [0.15, 0.2) is 0 Å². The number of amides is 1. The zero-order chi connectivity index (χ0) is 21.0. The predicted octanol–water partition coefficient (Wildman–Crippen LogP) is 3.67. The molecule has 0 saturated carbocycles. The minimum atomic E-state index is -0.395. The molecule has 0 bridgehead atoms. The van der Waals surface area contributed by atoms with Gasteiger partial charge in [-0.2, -0.15) is 0 Å². The molecule has 1 aromatic carbocycles. The van der Waals surface area contributed by atoms with E-state index in [0.29, 0.717) is 0 Å². The third-order valence-corrected chi connectivity index (χ3v) is 5.90. The maximum absolute atomic E-state index is 13.2. The molecule has 0 radical (unpaired) electrons. The van der Waals surface area contributed by atoms with Gasteiger partial charge in [-0.15, -0.1) is 0 Å². The van der Waals surface area contributed by atoms with Gasteiger partial charge in [0.25, 0.3) is 0 Å². The molecule has 154 valence electrons. The van der Waals surface area contributed by atoms with Gasteiger partial charge in [0.2, 0.25) is 5.91 Å². The molecule has 1 fully saturated rings. The summed E-state index contributed by atoms with van der Waals surface area (Å²) in [6, 6.07) is 18.5. The molecule has 5 nitrogen and oxygen atoms in total. The first-order valence-electron chi connectivity index (χ1n) is 10.4. The van der Waals surface area contributed by atoms with Crippen LogP contribution in [0, 0.1) is 5.41 Å². The molecule has 1 saturated heterocycles. The fourth-order valence-electron chi connectivity index (χ4n) is 4.42. The van der Waals surface area contributed by atoms with Gasteiger partial charge in [0.1, 0.15) is 0 Å². The van der Waals surface area contributed by atoms with Gasteiger partial charge in [-0.25, -0.2) is 0 Å². The van der Waals surface area contributed by atoms with E-state index in [0.717, 1.165) is 49.3 Å². The minimum absolute atomic E-state index is 0.211. The van der Waals surface area contributed by atoms with Crippen molar-refractivity contribution in [2.45, 2.75) is 19.4 Å². The predicted molar refractivity (Wildman–Crippen MR) is 119 cm³/mol. The molecular formula is C25H28N4O. The minimum Gasteiger partial charge on any atom is -0.348 e. The number of rotatable bonds is 6. The van der Waals surface area contributed by atoms with Crippen LogP contribution in [0.5, 0.6) is 0 Å². The van der Waals surface area contributed by atoms with Crippen LogP contribution in [0.4, 0.5) is 0 Å². The van der Waals surface area contributed by atoms with Crippen LogP contribution in [0.25, 0.3) is 11.1 Å². The molecule has 3 heterocycles.